The third-order valence-corrected chi connectivity index (χ3v) is 3.31. The molecule has 0 aromatic carbocycles. The minimum Gasteiger partial charge on any atom is -0.335 e. The van der Waals surface area contributed by atoms with E-state index in [-0.39, 0.29) is 11.6 Å². The highest BCUT2D eigenvalue weighted by molar-refractivity contribution is 7.89. The minimum absolute atomic E-state index is 0.0408. The number of sulfonamides is 1. The van der Waals surface area contributed by atoms with E-state index in [1.807, 2.05) is 0 Å². The van der Waals surface area contributed by atoms with Gasteiger partial charge in [-0.05, 0) is 13.8 Å². The first-order valence-electron chi connectivity index (χ1n) is 4.10. The van der Waals surface area contributed by atoms with Crippen molar-refractivity contribution in [3.8, 4) is 0 Å². The Hall–Kier alpha value is -0.920. The van der Waals surface area contributed by atoms with E-state index in [0.29, 0.717) is 0 Å². The molecule has 0 saturated carbocycles. The van der Waals surface area contributed by atoms with Crippen molar-refractivity contribution in [2.24, 2.45) is 5.73 Å². The standard InChI is InChI=1S/C7H14N4O2S/c1-7(2,4-8)11-14(12,13)6-3-9-5-10-6/h3,5,11H,4,8H2,1-2H3,(H,9,10). The van der Waals surface area contributed by atoms with E-state index in [9.17, 15) is 8.42 Å². The molecule has 6 nitrogen and oxygen atoms in total. The summed E-state index contributed by atoms with van der Waals surface area (Å²) in [6.07, 6.45) is 2.55. The second-order valence-corrected chi connectivity index (χ2v) is 5.26. The van der Waals surface area contributed by atoms with E-state index in [1.54, 1.807) is 13.8 Å². The molecule has 0 aliphatic carbocycles. The summed E-state index contributed by atoms with van der Waals surface area (Å²) in [5.41, 5.74) is 4.75. The number of aromatic nitrogens is 2. The number of nitrogens with zero attached hydrogens (tertiary/aromatic N) is 1. The maximum absolute atomic E-state index is 11.6. The van der Waals surface area contributed by atoms with Gasteiger partial charge in [-0.1, -0.05) is 0 Å². The molecule has 7 heteroatoms. The number of nitrogens with two attached hydrogens (primary N) is 1. The topological polar surface area (TPSA) is 101 Å². The Labute approximate surface area is 83.0 Å². The number of nitrogens with one attached hydrogen (secondary N) is 2. The second kappa shape index (κ2) is 3.68. The molecule has 0 spiro atoms. The lowest BCUT2D eigenvalue weighted by atomic mass is 10.1. The highest BCUT2D eigenvalue weighted by Gasteiger charge is 2.25. The summed E-state index contributed by atoms with van der Waals surface area (Å²) in [5.74, 6) is 0. The molecule has 0 saturated heterocycles. The molecule has 4 N–H and O–H groups in total. The summed E-state index contributed by atoms with van der Waals surface area (Å²) in [7, 11) is -3.53. The van der Waals surface area contributed by atoms with Crippen molar-refractivity contribution in [2.75, 3.05) is 6.54 Å². The van der Waals surface area contributed by atoms with Crippen LogP contribution in [-0.4, -0.2) is 30.5 Å². The molecule has 14 heavy (non-hydrogen) atoms. The summed E-state index contributed by atoms with van der Waals surface area (Å²) in [6.45, 7) is 3.64. The van der Waals surface area contributed by atoms with Gasteiger partial charge in [-0.15, -0.1) is 0 Å². The second-order valence-electron chi connectivity index (χ2n) is 3.61. The number of H-pyrrole nitrogens is 1. The monoisotopic (exact) mass is 218 g/mol. The van der Waals surface area contributed by atoms with Crippen LogP contribution in [0.5, 0.6) is 0 Å². The molecule has 0 aliphatic rings. The van der Waals surface area contributed by atoms with Crippen LogP contribution in [0.15, 0.2) is 17.6 Å². The molecule has 0 amide bonds. The average Bonchev–Trinajstić information content (AvgIpc) is 2.54. The van der Waals surface area contributed by atoms with E-state index in [4.69, 9.17) is 5.73 Å². The number of hydrogen-bond acceptors (Lipinski definition) is 4. The fourth-order valence-electron chi connectivity index (χ4n) is 0.850. The minimum atomic E-state index is -3.53. The van der Waals surface area contributed by atoms with Gasteiger partial charge in [0.1, 0.15) is 0 Å². The first-order valence-corrected chi connectivity index (χ1v) is 5.58. The molecule has 0 bridgehead atoms. The van der Waals surface area contributed by atoms with Crippen LogP contribution >= 0.6 is 0 Å². The molecule has 0 fully saturated rings. The summed E-state index contributed by atoms with van der Waals surface area (Å²) in [4.78, 5) is 6.16. The van der Waals surface area contributed by atoms with Gasteiger partial charge in [0.2, 0.25) is 0 Å². The SMILES string of the molecule is CC(C)(CN)NS(=O)(=O)c1cnc[nH]1. The maximum atomic E-state index is 11.6. The summed E-state index contributed by atoms with van der Waals surface area (Å²) < 4.78 is 25.7. The van der Waals surface area contributed by atoms with Crippen molar-refractivity contribution in [1.82, 2.24) is 14.7 Å². The van der Waals surface area contributed by atoms with E-state index < -0.39 is 15.6 Å². The van der Waals surface area contributed by atoms with Gasteiger partial charge in [0.15, 0.2) is 5.03 Å². The van der Waals surface area contributed by atoms with Crippen molar-refractivity contribution < 1.29 is 8.42 Å². The lowest BCUT2D eigenvalue weighted by Crippen LogP contribution is -2.48. The first-order chi connectivity index (χ1) is 6.37. The Balaban J connectivity index is 2.89. The third kappa shape index (κ3) is 2.53. The molecule has 0 atom stereocenters. The van der Waals surface area contributed by atoms with Crippen LogP contribution in [0.2, 0.25) is 0 Å². The highest BCUT2D eigenvalue weighted by Crippen LogP contribution is 2.08. The normalized spacial score (nSPS) is 13.1. The predicted octanol–water partition coefficient (Wildman–Crippen LogP) is -0.575. The van der Waals surface area contributed by atoms with Crippen LogP contribution in [0.4, 0.5) is 0 Å². The van der Waals surface area contributed by atoms with E-state index in [0.717, 1.165) is 0 Å². The van der Waals surface area contributed by atoms with Gasteiger partial charge in [-0.25, -0.2) is 18.1 Å². The van der Waals surface area contributed by atoms with Gasteiger partial charge >= 0.3 is 0 Å². The Kier molecular flexibility index (Phi) is 2.93. The van der Waals surface area contributed by atoms with Gasteiger partial charge in [-0.3, -0.25) is 0 Å². The fourth-order valence-corrected chi connectivity index (χ4v) is 2.18. The van der Waals surface area contributed by atoms with Gasteiger partial charge in [0.05, 0.1) is 12.5 Å². The van der Waals surface area contributed by atoms with Gasteiger partial charge in [-0.2, -0.15) is 0 Å². The zero-order chi connectivity index (χ0) is 10.8. The van der Waals surface area contributed by atoms with Crippen molar-refractivity contribution in [3.63, 3.8) is 0 Å². The molecular weight excluding hydrogens is 204 g/mol. The molecule has 0 aliphatic heterocycles. The number of aromatic amines is 1. The van der Waals surface area contributed by atoms with Crippen LogP contribution < -0.4 is 10.5 Å². The highest BCUT2D eigenvalue weighted by atomic mass is 32.2. The quantitative estimate of drug-likeness (QED) is 0.629. The number of hydrogen-bond donors (Lipinski definition) is 3. The van der Waals surface area contributed by atoms with Gasteiger partial charge < -0.3 is 10.7 Å². The zero-order valence-electron chi connectivity index (χ0n) is 8.11. The molecule has 0 unspecified atom stereocenters. The van der Waals surface area contributed by atoms with Crippen molar-refractivity contribution in [2.45, 2.75) is 24.4 Å². The Morgan fingerprint density at radius 2 is 2.29 bits per heavy atom. The lowest BCUT2D eigenvalue weighted by Gasteiger charge is -2.23. The molecular formula is C7H14N4O2S. The van der Waals surface area contributed by atoms with Crippen molar-refractivity contribution in [3.05, 3.63) is 12.5 Å². The van der Waals surface area contributed by atoms with Crippen molar-refractivity contribution in [1.29, 1.82) is 0 Å². The molecule has 80 valence electrons. The van der Waals surface area contributed by atoms with Crippen molar-refractivity contribution >= 4 is 10.0 Å². The van der Waals surface area contributed by atoms with Crippen LogP contribution in [0.25, 0.3) is 0 Å². The van der Waals surface area contributed by atoms with Crippen LogP contribution in [-0.2, 0) is 10.0 Å². The fraction of sp³-hybridized carbons (Fsp3) is 0.571. The molecule has 1 heterocycles. The van der Waals surface area contributed by atoms with Crippen LogP contribution in [0, 0.1) is 0 Å². The van der Waals surface area contributed by atoms with E-state index in [2.05, 4.69) is 14.7 Å². The van der Waals surface area contributed by atoms with Crippen LogP contribution in [0.3, 0.4) is 0 Å². The van der Waals surface area contributed by atoms with E-state index in [1.165, 1.54) is 12.5 Å². The summed E-state index contributed by atoms with van der Waals surface area (Å²) in [5, 5.41) is 0.0408. The Morgan fingerprint density at radius 3 is 2.71 bits per heavy atom. The van der Waals surface area contributed by atoms with Gasteiger partial charge in [0, 0.05) is 12.1 Å². The zero-order valence-corrected chi connectivity index (χ0v) is 8.93. The molecule has 1 aromatic heterocycles. The number of imidazole rings is 1. The molecule has 0 radical (unpaired) electrons. The first kappa shape index (κ1) is 11.2. The van der Waals surface area contributed by atoms with Crippen LogP contribution in [0.1, 0.15) is 13.8 Å². The smallest absolute Gasteiger partial charge is 0.258 e. The Bertz CT molecular complexity index is 382. The predicted molar refractivity (Wildman–Crippen MR) is 52.0 cm³/mol. The van der Waals surface area contributed by atoms with E-state index >= 15 is 0 Å². The average molecular weight is 218 g/mol. The number of rotatable bonds is 4. The molecule has 1 rings (SSSR count). The largest absolute Gasteiger partial charge is 0.335 e. The molecule has 1 aromatic rings. The lowest BCUT2D eigenvalue weighted by molar-refractivity contribution is 0.461. The third-order valence-electron chi connectivity index (χ3n) is 1.68. The summed E-state index contributed by atoms with van der Waals surface area (Å²) in [6, 6.07) is 0. The maximum Gasteiger partial charge on any atom is 0.258 e. The summed E-state index contributed by atoms with van der Waals surface area (Å²) >= 11 is 0. The Morgan fingerprint density at radius 1 is 1.64 bits per heavy atom. The van der Waals surface area contributed by atoms with Gasteiger partial charge in [0.25, 0.3) is 10.0 Å².